The number of nitrogens with two attached hydrogens (primary N) is 1. The number of aliphatic imine (C=N–C) groups is 1. The fraction of sp³-hybridized carbons (Fsp3) is 0.152. The molecule has 4 nitrogen and oxygen atoms in total. The highest BCUT2D eigenvalue weighted by molar-refractivity contribution is 6.09. The van der Waals surface area contributed by atoms with Gasteiger partial charge in [0.2, 0.25) is 0 Å². The third kappa shape index (κ3) is 6.10. The molecule has 0 spiro atoms. The molecule has 2 atom stereocenters. The molecule has 1 aliphatic heterocycles. The Labute approximate surface area is 294 Å². The maximum absolute atomic E-state index is 6.58. The molecule has 5 aromatic rings. The maximum Gasteiger partial charge on any atom is 0.0719 e. The number of nitrogens with zero attached hydrogens (tertiary/aromatic N) is 3. The van der Waals surface area contributed by atoms with Gasteiger partial charge in [-0.1, -0.05) is 123 Å². The van der Waals surface area contributed by atoms with Crippen LogP contribution in [0, 0.1) is 5.92 Å². The molecular weight excluding hydrogens is 609 g/mol. The van der Waals surface area contributed by atoms with E-state index in [2.05, 4.69) is 133 Å². The number of benzene rings is 3. The zero-order valence-electron chi connectivity index (χ0n) is 28.6. The summed E-state index contributed by atoms with van der Waals surface area (Å²) in [4.78, 5) is 14.0. The minimum atomic E-state index is -0.201. The number of hydrogen-bond donors (Lipinski definition) is 1. The molecule has 244 valence electrons. The molecular formula is C46H40N4. The summed E-state index contributed by atoms with van der Waals surface area (Å²) in [6.45, 7) is 5.31. The van der Waals surface area contributed by atoms with Crippen molar-refractivity contribution in [3.63, 3.8) is 0 Å². The molecule has 3 heterocycles. The van der Waals surface area contributed by atoms with Crippen molar-refractivity contribution in [3.8, 4) is 0 Å². The van der Waals surface area contributed by atoms with E-state index in [1.54, 1.807) is 6.20 Å². The van der Waals surface area contributed by atoms with Crippen molar-refractivity contribution in [2.45, 2.75) is 32.1 Å². The lowest BCUT2D eigenvalue weighted by molar-refractivity contribution is 0.606. The Hall–Kier alpha value is -5.87. The van der Waals surface area contributed by atoms with Gasteiger partial charge in [0.15, 0.2) is 0 Å². The first-order chi connectivity index (χ1) is 24.4. The van der Waals surface area contributed by atoms with Crippen LogP contribution >= 0.6 is 0 Å². The van der Waals surface area contributed by atoms with Crippen LogP contribution in [-0.2, 0) is 5.41 Å². The lowest BCUT2D eigenvalue weighted by Gasteiger charge is -2.31. The average molecular weight is 649 g/mol. The number of hydrogen-bond acceptors (Lipinski definition) is 4. The number of allylic oxidation sites excluding steroid dienone is 11. The maximum atomic E-state index is 6.58. The molecule has 0 bridgehead atoms. The minimum absolute atomic E-state index is 0.201. The zero-order chi connectivity index (χ0) is 34.1. The van der Waals surface area contributed by atoms with E-state index >= 15 is 0 Å². The predicted molar refractivity (Wildman–Crippen MR) is 211 cm³/mol. The van der Waals surface area contributed by atoms with Crippen molar-refractivity contribution in [1.29, 1.82) is 0 Å². The van der Waals surface area contributed by atoms with Crippen LogP contribution in [-0.4, -0.2) is 22.7 Å². The van der Waals surface area contributed by atoms with Gasteiger partial charge in [0, 0.05) is 46.2 Å². The molecule has 0 saturated heterocycles. The van der Waals surface area contributed by atoms with Gasteiger partial charge in [-0.2, -0.15) is 0 Å². The first kappa shape index (κ1) is 31.4. The van der Waals surface area contributed by atoms with Crippen molar-refractivity contribution < 1.29 is 0 Å². The fourth-order valence-electron chi connectivity index (χ4n) is 7.21. The van der Waals surface area contributed by atoms with Gasteiger partial charge in [-0.15, -0.1) is 0 Å². The summed E-state index contributed by atoms with van der Waals surface area (Å²) in [5.74, 6) is 0.557. The third-order valence-electron chi connectivity index (χ3n) is 10.2. The molecule has 2 aromatic heterocycles. The Bertz CT molecular complexity index is 2350. The van der Waals surface area contributed by atoms with Crippen LogP contribution in [0.3, 0.4) is 0 Å². The lowest BCUT2D eigenvalue weighted by Crippen LogP contribution is -2.21. The third-order valence-corrected chi connectivity index (χ3v) is 10.2. The van der Waals surface area contributed by atoms with Crippen LogP contribution in [0.4, 0.5) is 0 Å². The quantitative estimate of drug-likeness (QED) is 0.186. The van der Waals surface area contributed by atoms with Crippen LogP contribution in [0.2, 0.25) is 0 Å². The number of fused-ring (bicyclic) bond motifs is 3. The van der Waals surface area contributed by atoms with Crippen molar-refractivity contribution in [3.05, 3.63) is 185 Å². The minimum Gasteiger partial charge on any atom is -0.398 e. The molecule has 2 unspecified atom stereocenters. The zero-order valence-corrected chi connectivity index (χ0v) is 28.6. The molecule has 2 N–H and O–H groups in total. The largest absolute Gasteiger partial charge is 0.398 e. The summed E-state index contributed by atoms with van der Waals surface area (Å²) in [6.07, 6.45) is 27.5. The van der Waals surface area contributed by atoms with Gasteiger partial charge in [-0.3, -0.25) is 9.98 Å². The summed E-state index contributed by atoms with van der Waals surface area (Å²) in [7, 11) is 0. The van der Waals surface area contributed by atoms with Crippen LogP contribution < -0.4 is 5.73 Å². The van der Waals surface area contributed by atoms with E-state index < -0.39 is 0 Å². The molecule has 3 aliphatic rings. The van der Waals surface area contributed by atoms with Gasteiger partial charge in [0.1, 0.15) is 0 Å². The highest BCUT2D eigenvalue weighted by Gasteiger charge is 2.29. The molecule has 0 amide bonds. The van der Waals surface area contributed by atoms with Gasteiger partial charge >= 0.3 is 0 Å². The van der Waals surface area contributed by atoms with Crippen LogP contribution in [0.1, 0.15) is 54.6 Å². The Morgan fingerprint density at radius 3 is 2.52 bits per heavy atom. The summed E-state index contributed by atoms with van der Waals surface area (Å²) in [5.41, 5.74) is 18.1. The normalized spacial score (nSPS) is 21.4. The summed E-state index contributed by atoms with van der Waals surface area (Å²) in [5, 5.41) is 3.73. The Balaban J connectivity index is 1.14. The topological polar surface area (TPSA) is 64.2 Å². The summed E-state index contributed by atoms with van der Waals surface area (Å²) >= 11 is 0. The number of rotatable bonds is 6. The molecule has 0 saturated carbocycles. The van der Waals surface area contributed by atoms with E-state index in [9.17, 15) is 0 Å². The SMILES string of the molecule is CC1C=CC(c2cc(C3(C)C=CC(c4ccc(/C(=C/C(N)=C5C=CCN=C5)c5cccnc5)cc4)=CC3)c3c(ccc4ccccc43)n2)=CC1. The Kier molecular flexibility index (Phi) is 8.30. The van der Waals surface area contributed by atoms with Gasteiger partial charge in [0.25, 0.3) is 0 Å². The second kappa shape index (κ2) is 13.2. The smallest absolute Gasteiger partial charge is 0.0719 e. The monoisotopic (exact) mass is 648 g/mol. The van der Waals surface area contributed by atoms with Crippen molar-refractivity contribution >= 4 is 44.6 Å². The molecule has 2 aliphatic carbocycles. The first-order valence-electron chi connectivity index (χ1n) is 17.5. The second-order valence-corrected chi connectivity index (χ2v) is 13.8. The van der Waals surface area contributed by atoms with Crippen molar-refractivity contribution in [2.75, 3.05) is 6.54 Å². The van der Waals surface area contributed by atoms with E-state index in [0.29, 0.717) is 18.2 Å². The average Bonchev–Trinajstić information content (AvgIpc) is 3.17. The van der Waals surface area contributed by atoms with Crippen LogP contribution in [0.15, 0.2) is 162 Å². The fourth-order valence-corrected chi connectivity index (χ4v) is 7.21. The molecule has 3 aromatic carbocycles. The molecule has 0 fully saturated rings. The van der Waals surface area contributed by atoms with Gasteiger partial charge in [0.05, 0.1) is 17.8 Å². The molecule has 50 heavy (non-hydrogen) atoms. The molecule has 8 rings (SSSR count). The second-order valence-electron chi connectivity index (χ2n) is 13.8. The Morgan fingerprint density at radius 1 is 0.900 bits per heavy atom. The van der Waals surface area contributed by atoms with Gasteiger partial charge in [-0.25, -0.2) is 4.98 Å². The standard InChI is InChI=1S/C46H40N4/c1-31-11-13-36(14-12-31)44-28-41(45-39-10-4-3-7-34(39)19-20-43(45)50-44)46(2)23-21-33(22-24-46)32-15-17-35(18-16-32)40(37-8-5-25-48-29-37)27-42(47)38-9-6-26-49-30-38/h3-11,13-23,25,27-31H,12,24,26,47H2,1-2H3/b40-27-,42-38?. The molecule has 0 radical (unpaired) electrons. The summed E-state index contributed by atoms with van der Waals surface area (Å²) < 4.78 is 0. The number of pyridine rings is 2. The predicted octanol–water partition coefficient (Wildman–Crippen LogP) is 10.3. The van der Waals surface area contributed by atoms with E-state index in [0.717, 1.165) is 46.3 Å². The first-order valence-corrected chi connectivity index (χ1v) is 17.5. The highest BCUT2D eigenvalue weighted by atomic mass is 14.7. The lowest BCUT2D eigenvalue weighted by atomic mass is 9.73. The van der Waals surface area contributed by atoms with E-state index in [4.69, 9.17) is 10.7 Å². The van der Waals surface area contributed by atoms with Gasteiger partial charge < -0.3 is 5.73 Å². The highest BCUT2D eigenvalue weighted by Crippen LogP contribution is 2.43. The van der Waals surface area contributed by atoms with Crippen molar-refractivity contribution in [1.82, 2.24) is 9.97 Å². The Morgan fingerprint density at radius 2 is 1.78 bits per heavy atom. The van der Waals surface area contributed by atoms with E-state index in [-0.39, 0.29) is 5.41 Å². The summed E-state index contributed by atoms with van der Waals surface area (Å²) in [6, 6.07) is 28.2. The van der Waals surface area contributed by atoms with E-state index in [1.807, 2.05) is 36.7 Å². The van der Waals surface area contributed by atoms with Crippen LogP contribution in [0.5, 0.6) is 0 Å². The number of aromatic nitrogens is 2. The number of dihydropyridines is 1. The van der Waals surface area contributed by atoms with Gasteiger partial charge in [-0.05, 0) is 87.2 Å². The van der Waals surface area contributed by atoms with E-state index in [1.165, 1.54) is 38.4 Å². The van der Waals surface area contributed by atoms with Crippen LogP contribution in [0.25, 0.3) is 38.4 Å². The molecule has 4 heteroatoms. The van der Waals surface area contributed by atoms with Crippen molar-refractivity contribution in [2.24, 2.45) is 16.6 Å².